The van der Waals surface area contributed by atoms with Crippen LogP contribution in [0.4, 0.5) is 5.69 Å². The van der Waals surface area contributed by atoms with Gasteiger partial charge in [0, 0.05) is 24.4 Å². The van der Waals surface area contributed by atoms with Crippen molar-refractivity contribution >= 4 is 42.6 Å². The Morgan fingerprint density at radius 1 is 1.09 bits per heavy atom. The van der Waals surface area contributed by atoms with Crippen molar-refractivity contribution in [1.82, 2.24) is 0 Å². The highest BCUT2D eigenvalue weighted by atomic mass is 32.2. The standard InChI is InChI=1S/C12H10NO8S2/c1-6(14)13-10-4-8(22(16,17)18)2-7-3-9(23(19,20)21)5-11(15)12(7)10/h2-3,5,15H,1H3,(H,13,14)(H,16,17,18)(H,19,20,21). The number of hydrogen-bond acceptors (Lipinski definition) is 6. The zero-order valence-corrected chi connectivity index (χ0v) is 13.1. The van der Waals surface area contributed by atoms with E-state index in [0.29, 0.717) is 0 Å². The maximum atomic E-state index is 11.3. The lowest BCUT2D eigenvalue weighted by molar-refractivity contribution is -0.114. The lowest BCUT2D eigenvalue weighted by atomic mass is 10.1. The van der Waals surface area contributed by atoms with Gasteiger partial charge in [0.25, 0.3) is 20.2 Å². The van der Waals surface area contributed by atoms with Gasteiger partial charge < -0.3 is 10.4 Å². The number of phenols is 1. The minimum Gasteiger partial charge on any atom is -0.507 e. The molecule has 0 aliphatic rings. The average Bonchev–Trinajstić information content (AvgIpc) is 2.34. The average molecular weight is 360 g/mol. The fourth-order valence-electron chi connectivity index (χ4n) is 1.93. The number of amides is 1. The molecule has 0 saturated heterocycles. The van der Waals surface area contributed by atoms with Crippen molar-refractivity contribution in [2.75, 3.05) is 5.32 Å². The lowest BCUT2D eigenvalue weighted by Crippen LogP contribution is -2.09. The van der Waals surface area contributed by atoms with Crippen LogP contribution < -0.4 is 5.32 Å². The van der Waals surface area contributed by atoms with Crippen molar-refractivity contribution in [2.24, 2.45) is 0 Å². The van der Waals surface area contributed by atoms with Gasteiger partial charge in [0.2, 0.25) is 5.91 Å². The number of phenolic OH excluding ortho intramolecular Hbond substituents is 1. The SMILES string of the molecule is CC(=O)Nc1[c]c(S(=O)(=O)O)cc2cc(S(=O)(=O)O)cc(O)c12. The van der Waals surface area contributed by atoms with Crippen molar-refractivity contribution in [1.29, 1.82) is 0 Å². The van der Waals surface area contributed by atoms with E-state index in [0.717, 1.165) is 25.1 Å². The van der Waals surface area contributed by atoms with E-state index in [4.69, 9.17) is 9.11 Å². The van der Waals surface area contributed by atoms with Gasteiger partial charge in [-0.2, -0.15) is 16.8 Å². The van der Waals surface area contributed by atoms with Gasteiger partial charge in [-0.15, -0.1) is 0 Å². The van der Waals surface area contributed by atoms with Gasteiger partial charge in [0.05, 0.1) is 10.6 Å². The first-order valence-corrected chi connectivity index (χ1v) is 8.73. The molecule has 0 heterocycles. The predicted molar refractivity (Wildman–Crippen MR) is 78.4 cm³/mol. The maximum absolute atomic E-state index is 11.3. The molecule has 2 rings (SSSR count). The molecular weight excluding hydrogens is 350 g/mol. The molecule has 0 bridgehead atoms. The second-order valence-corrected chi connectivity index (χ2v) is 7.36. The molecule has 1 radical (unpaired) electrons. The fraction of sp³-hybridized carbons (Fsp3) is 0.0833. The molecule has 11 heteroatoms. The highest BCUT2D eigenvalue weighted by Gasteiger charge is 2.20. The van der Waals surface area contributed by atoms with E-state index < -0.39 is 41.7 Å². The molecule has 123 valence electrons. The molecule has 0 aromatic heterocycles. The van der Waals surface area contributed by atoms with Crippen LogP contribution in [0.15, 0.2) is 28.0 Å². The number of carbonyl (C=O) groups is 1. The Balaban J connectivity index is 2.95. The molecule has 23 heavy (non-hydrogen) atoms. The second-order valence-electron chi connectivity index (χ2n) is 4.55. The Hall–Kier alpha value is -2.21. The Morgan fingerprint density at radius 3 is 2.17 bits per heavy atom. The summed E-state index contributed by atoms with van der Waals surface area (Å²) in [7, 11) is -9.38. The number of anilines is 1. The molecule has 2 aromatic carbocycles. The lowest BCUT2D eigenvalue weighted by Gasteiger charge is -2.11. The Labute approximate surface area is 131 Å². The van der Waals surface area contributed by atoms with Crippen molar-refractivity contribution in [3.8, 4) is 5.75 Å². The third-order valence-corrected chi connectivity index (χ3v) is 4.39. The first-order chi connectivity index (χ1) is 10.4. The summed E-state index contributed by atoms with van der Waals surface area (Å²) in [5, 5.41) is 11.9. The molecule has 0 saturated carbocycles. The molecule has 0 unspecified atom stereocenters. The third-order valence-electron chi connectivity index (χ3n) is 2.78. The van der Waals surface area contributed by atoms with E-state index in [-0.39, 0.29) is 16.5 Å². The number of benzene rings is 2. The van der Waals surface area contributed by atoms with Crippen molar-refractivity contribution in [2.45, 2.75) is 16.7 Å². The fourth-order valence-corrected chi connectivity index (χ4v) is 2.97. The summed E-state index contributed by atoms with van der Waals surface area (Å²) in [4.78, 5) is 9.75. The van der Waals surface area contributed by atoms with E-state index in [1.807, 2.05) is 0 Å². The van der Waals surface area contributed by atoms with Crippen molar-refractivity contribution in [3.63, 3.8) is 0 Å². The van der Waals surface area contributed by atoms with Gasteiger partial charge in [-0.3, -0.25) is 13.9 Å². The van der Waals surface area contributed by atoms with Gasteiger partial charge in [-0.25, -0.2) is 0 Å². The minimum absolute atomic E-state index is 0.111. The minimum atomic E-state index is -4.71. The van der Waals surface area contributed by atoms with Gasteiger partial charge in [-0.1, -0.05) is 0 Å². The summed E-state index contributed by atoms with van der Waals surface area (Å²) in [6.07, 6.45) is 0. The summed E-state index contributed by atoms with van der Waals surface area (Å²) in [5.74, 6) is -1.26. The number of nitrogens with one attached hydrogen (secondary N) is 1. The molecule has 0 fully saturated rings. The Kier molecular flexibility index (Phi) is 4.07. The van der Waals surface area contributed by atoms with Crippen LogP contribution in [0.2, 0.25) is 0 Å². The molecule has 2 aromatic rings. The third kappa shape index (κ3) is 3.59. The van der Waals surface area contributed by atoms with Crippen LogP contribution in [0, 0.1) is 6.07 Å². The van der Waals surface area contributed by atoms with Gasteiger partial charge >= 0.3 is 0 Å². The monoisotopic (exact) mass is 360 g/mol. The summed E-state index contributed by atoms with van der Waals surface area (Å²) in [5.41, 5.74) is -0.276. The molecule has 9 nitrogen and oxygen atoms in total. The quantitative estimate of drug-likeness (QED) is 0.585. The maximum Gasteiger partial charge on any atom is 0.295 e. The molecule has 4 N–H and O–H groups in total. The molecule has 0 aliphatic heterocycles. The van der Waals surface area contributed by atoms with Gasteiger partial charge in [-0.05, 0) is 17.5 Å². The number of aromatic hydroxyl groups is 1. The highest BCUT2D eigenvalue weighted by Crippen LogP contribution is 2.36. The number of hydrogen-bond donors (Lipinski definition) is 4. The summed E-state index contributed by atoms with van der Waals surface area (Å²) in [6, 6.07) is 4.65. The van der Waals surface area contributed by atoms with E-state index in [1.165, 1.54) is 0 Å². The zero-order chi connectivity index (χ0) is 17.6. The molecule has 1 amide bonds. The van der Waals surface area contributed by atoms with Crippen LogP contribution in [-0.4, -0.2) is 37.0 Å². The predicted octanol–water partition coefficient (Wildman–Crippen LogP) is 0.797. The van der Waals surface area contributed by atoms with Gasteiger partial charge in [0.15, 0.2) is 0 Å². The summed E-state index contributed by atoms with van der Waals surface area (Å²) < 4.78 is 63.0. The summed E-state index contributed by atoms with van der Waals surface area (Å²) >= 11 is 0. The van der Waals surface area contributed by atoms with E-state index in [2.05, 4.69) is 11.4 Å². The van der Waals surface area contributed by atoms with E-state index >= 15 is 0 Å². The van der Waals surface area contributed by atoms with Crippen molar-refractivity contribution in [3.05, 3.63) is 24.3 Å². The summed E-state index contributed by atoms with van der Waals surface area (Å²) in [6.45, 7) is 1.11. The molecule has 0 aliphatic carbocycles. The molecule has 0 atom stereocenters. The number of rotatable bonds is 3. The van der Waals surface area contributed by atoms with E-state index in [9.17, 15) is 26.7 Å². The number of fused-ring (bicyclic) bond motifs is 1. The van der Waals surface area contributed by atoms with Crippen LogP contribution in [0.3, 0.4) is 0 Å². The van der Waals surface area contributed by atoms with Crippen LogP contribution in [0.5, 0.6) is 5.75 Å². The van der Waals surface area contributed by atoms with Crippen LogP contribution in [-0.2, 0) is 25.0 Å². The van der Waals surface area contributed by atoms with Gasteiger partial charge in [0.1, 0.15) is 10.6 Å². The zero-order valence-electron chi connectivity index (χ0n) is 11.4. The first kappa shape index (κ1) is 17.1. The van der Waals surface area contributed by atoms with E-state index in [1.54, 1.807) is 0 Å². The molecular formula is C12H10NO8S2. The highest BCUT2D eigenvalue weighted by molar-refractivity contribution is 7.86. The normalized spacial score (nSPS) is 12.3. The molecule has 0 spiro atoms. The smallest absolute Gasteiger partial charge is 0.295 e. The second kappa shape index (κ2) is 5.45. The van der Waals surface area contributed by atoms with Crippen molar-refractivity contribution < 1.29 is 35.8 Å². The number of carbonyl (C=O) groups excluding carboxylic acids is 1. The van der Waals surface area contributed by atoms with Crippen LogP contribution >= 0.6 is 0 Å². The van der Waals surface area contributed by atoms with Crippen LogP contribution in [0.1, 0.15) is 6.92 Å². The van der Waals surface area contributed by atoms with Crippen LogP contribution in [0.25, 0.3) is 10.8 Å². The first-order valence-electron chi connectivity index (χ1n) is 5.85. The Bertz CT molecular complexity index is 1020. The topological polar surface area (TPSA) is 158 Å². The largest absolute Gasteiger partial charge is 0.507 e. The Morgan fingerprint density at radius 2 is 1.70 bits per heavy atom.